The number of aryl methyl sites for hydroxylation is 1. The summed E-state index contributed by atoms with van der Waals surface area (Å²) in [6.07, 6.45) is 2.97. The van der Waals surface area contributed by atoms with Gasteiger partial charge in [-0.3, -0.25) is 14.5 Å². The molecule has 0 saturated carbocycles. The first-order valence-corrected chi connectivity index (χ1v) is 13.2. The number of halogens is 1. The van der Waals surface area contributed by atoms with Gasteiger partial charge in [-0.15, -0.1) is 0 Å². The molecule has 0 radical (unpaired) electrons. The van der Waals surface area contributed by atoms with Gasteiger partial charge in [-0.05, 0) is 93.4 Å². The standard InChI is InChI=1S/C26H34FN5O3S/c1-17(2)21-13-20(27)14-22(19-8-10-28-18(3)12-19)23(21)15-24(33)30-36(34,35)25-9-11-32(29-25)26(4,5)16-31(6)7/h8-14,17H,15-16H2,1-7H3,(H,30,33). The van der Waals surface area contributed by atoms with Crippen LogP contribution in [-0.4, -0.2) is 54.6 Å². The highest BCUT2D eigenvalue weighted by atomic mass is 32.2. The van der Waals surface area contributed by atoms with E-state index in [1.807, 2.05) is 53.6 Å². The first-order chi connectivity index (χ1) is 16.7. The zero-order valence-corrected chi connectivity index (χ0v) is 22.6. The average Bonchev–Trinajstić information content (AvgIpc) is 3.26. The highest BCUT2D eigenvalue weighted by molar-refractivity contribution is 7.90. The van der Waals surface area contributed by atoms with E-state index in [0.717, 1.165) is 5.69 Å². The Morgan fingerprint density at radius 2 is 1.89 bits per heavy atom. The van der Waals surface area contributed by atoms with E-state index in [1.165, 1.54) is 18.2 Å². The number of rotatable bonds is 9. The fourth-order valence-electron chi connectivity index (χ4n) is 4.37. The molecule has 1 N–H and O–H groups in total. The van der Waals surface area contributed by atoms with Crippen LogP contribution in [0.4, 0.5) is 4.39 Å². The van der Waals surface area contributed by atoms with E-state index < -0.39 is 27.3 Å². The SMILES string of the molecule is Cc1cc(-c2cc(F)cc(C(C)C)c2CC(=O)NS(=O)(=O)c2ccn(C(C)(C)CN(C)C)n2)ccn1. The number of sulfonamides is 1. The summed E-state index contributed by atoms with van der Waals surface area (Å²) < 4.78 is 44.2. The summed E-state index contributed by atoms with van der Waals surface area (Å²) in [5, 5.41) is 3.99. The molecule has 36 heavy (non-hydrogen) atoms. The van der Waals surface area contributed by atoms with E-state index in [9.17, 15) is 17.6 Å². The van der Waals surface area contributed by atoms with Gasteiger partial charge in [0.15, 0.2) is 5.03 Å². The summed E-state index contributed by atoms with van der Waals surface area (Å²) in [7, 11) is -0.358. The fourth-order valence-corrected chi connectivity index (χ4v) is 5.29. The molecule has 0 saturated heterocycles. The van der Waals surface area contributed by atoms with Crippen LogP contribution >= 0.6 is 0 Å². The molecule has 10 heteroatoms. The lowest BCUT2D eigenvalue weighted by molar-refractivity contribution is -0.118. The Morgan fingerprint density at radius 1 is 1.19 bits per heavy atom. The number of carbonyl (C=O) groups is 1. The van der Waals surface area contributed by atoms with Crippen LogP contribution in [-0.2, 0) is 26.8 Å². The summed E-state index contributed by atoms with van der Waals surface area (Å²) in [6, 6.07) is 7.68. The normalized spacial score (nSPS) is 12.4. The van der Waals surface area contributed by atoms with Gasteiger partial charge in [0.1, 0.15) is 5.82 Å². The van der Waals surface area contributed by atoms with E-state index >= 15 is 0 Å². The van der Waals surface area contributed by atoms with Gasteiger partial charge in [0.05, 0.1) is 12.0 Å². The molecule has 0 unspecified atom stereocenters. The van der Waals surface area contributed by atoms with Crippen LogP contribution in [0.15, 0.2) is 47.8 Å². The number of nitrogens with zero attached hydrogens (tertiary/aromatic N) is 4. The number of carbonyl (C=O) groups excluding carboxylic acids is 1. The first-order valence-electron chi connectivity index (χ1n) is 11.7. The summed E-state index contributed by atoms with van der Waals surface area (Å²) in [5.74, 6) is -1.24. The Bertz CT molecular complexity index is 1360. The molecule has 0 bridgehead atoms. The molecule has 0 atom stereocenters. The zero-order chi connectivity index (χ0) is 26.8. The molecule has 0 aliphatic heterocycles. The Balaban J connectivity index is 1.92. The fraction of sp³-hybridized carbons (Fsp3) is 0.423. The molecule has 1 aromatic carbocycles. The van der Waals surface area contributed by atoms with Crippen molar-refractivity contribution in [1.29, 1.82) is 0 Å². The van der Waals surface area contributed by atoms with E-state index in [4.69, 9.17) is 0 Å². The maximum atomic E-state index is 14.5. The maximum Gasteiger partial charge on any atom is 0.283 e. The number of nitrogens with one attached hydrogen (secondary N) is 1. The lowest BCUT2D eigenvalue weighted by Crippen LogP contribution is -2.38. The van der Waals surface area contributed by atoms with Crippen molar-refractivity contribution in [2.24, 2.45) is 0 Å². The van der Waals surface area contributed by atoms with Gasteiger partial charge in [0.25, 0.3) is 10.0 Å². The van der Waals surface area contributed by atoms with Crippen LogP contribution in [0.25, 0.3) is 11.1 Å². The van der Waals surface area contributed by atoms with Crippen LogP contribution < -0.4 is 4.72 Å². The Hall–Kier alpha value is -3.11. The van der Waals surface area contributed by atoms with Crippen LogP contribution in [0.1, 0.15) is 50.4 Å². The first kappa shape index (κ1) is 27.5. The van der Waals surface area contributed by atoms with Crippen molar-refractivity contribution in [2.45, 2.75) is 57.5 Å². The van der Waals surface area contributed by atoms with Crippen molar-refractivity contribution >= 4 is 15.9 Å². The van der Waals surface area contributed by atoms with Gasteiger partial charge in [-0.25, -0.2) is 9.11 Å². The van der Waals surface area contributed by atoms with E-state index in [2.05, 4.69) is 14.8 Å². The van der Waals surface area contributed by atoms with Gasteiger partial charge in [0.2, 0.25) is 5.91 Å². The second kappa shape index (κ2) is 10.5. The van der Waals surface area contributed by atoms with Crippen molar-refractivity contribution in [3.63, 3.8) is 0 Å². The lowest BCUT2D eigenvalue weighted by Gasteiger charge is -2.28. The summed E-state index contributed by atoms with van der Waals surface area (Å²) >= 11 is 0. The third kappa shape index (κ3) is 6.36. The molecular formula is C26H34FN5O3S. The third-order valence-electron chi connectivity index (χ3n) is 5.83. The van der Waals surface area contributed by atoms with Crippen LogP contribution in [0, 0.1) is 12.7 Å². The number of benzene rings is 1. The quantitative estimate of drug-likeness (QED) is 0.465. The topological polar surface area (TPSA) is 97.2 Å². The molecular weight excluding hydrogens is 481 g/mol. The second-order valence-electron chi connectivity index (χ2n) is 10.2. The molecule has 0 aliphatic rings. The van der Waals surface area contributed by atoms with E-state index in [0.29, 0.717) is 28.8 Å². The summed E-state index contributed by atoms with van der Waals surface area (Å²) in [4.78, 5) is 19.2. The molecule has 0 spiro atoms. The average molecular weight is 516 g/mol. The number of hydrogen-bond donors (Lipinski definition) is 1. The van der Waals surface area contributed by atoms with E-state index in [-0.39, 0.29) is 17.4 Å². The molecule has 0 aliphatic carbocycles. The molecule has 2 aromatic heterocycles. The minimum atomic E-state index is -4.20. The number of likely N-dealkylation sites (N-methyl/N-ethyl adjacent to an activating group) is 1. The largest absolute Gasteiger partial charge is 0.307 e. The second-order valence-corrected chi connectivity index (χ2v) is 11.8. The van der Waals surface area contributed by atoms with Crippen LogP contribution in [0.2, 0.25) is 0 Å². The molecule has 1 amide bonds. The lowest BCUT2D eigenvalue weighted by atomic mass is 9.88. The predicted octanol–water partition coefficient (Wildman–Crippen LogP) is 3.86. The molecule has 194 valence electrons. The van der Waals surface area contributed by atoms with Crippen molar-refractivity contribution in [3.05, 3.63) is 65.4 Å². The van der Waals surface area contributed by atoms with Crippen molar-refractivity contribution in [3.8, 4) is 11.1 Å². The van der Waals surface area contributed by atoms with Crippen molar-refractivity contribution < 1.29 is 17.6 Å². The molecule has 2 heterocycles. The van der Waals surface area contributed by atoms with Gasteiger partial charge in [0, 0.05) is 24.6 Å². The summed E-state index contributed by atoms with van der Waals surface area (Å²) in [6.45, 7) is 10.1. The van der Waals surface area contributed by atoms with Gasteiger partial charge >= 0.3 is 0 Å². The molecule has 3 aromatic rings. The molecule has 8 nitrogen and oxygen atoms in total. The molecule has 0 fully saturated rings. The van der Waals surface area contributed by atoms with E-state index in [1.54, 1.807) is 29.2 Å². The minimum absolute atomic E-state index is 0.0866. The smallest absolute Gasteiger partial charge is 0.283 e. The van der Waals surface area contributed by atoms with Crippen molar-refractivity contribution in [1.82, 2.24) is 24.4 Å². The van der Waals surface area contributed by atoms with Gasteiger partial charge in [-0.1, -0.05) is 13.8 Å². The zero-order valence-electron chi connectivity index (χ0n) is 21.8. The summed E-state index contributed by atoms with van der Waals surface area (Å²) in [5.41, 5.74) is 2.74. The molecule has 3 rings (SSSR count). The maximum absolute atomic E-state index is 14.5. The monoisotopic (exact) mass is 515 g/mol. The Labute approximate surface area is 212 Å². The Kier molecular flexibility index (Phi) is 8.00. The highest BCUT2D eigenvalue weighted by Gasteiger charge is 2.27. The van der Waals surface area contributed by atoms with Gasteiger partial charge < -0.3 is 4.90 Å². The number of aromatic nitrogens is 3. The third-order valence-corrected chi connectivity index (χ3v) is 7.09. The van der Waals surface area contributed by atoms with Crippen LogP contribution in [0.3, 0.4) is 0 Å². The predicted molar refractivity (Wildman–Crippen MR) is 138 cm³/mol. The Morgan fingerprint density at radius 3 is 2.50 bits per heavy atom. The minimum Gasteiger partial charge on any atom is -0.307 e. The van der Waals surface area contributed by atoms with Crippen molar-refractivity contribution in [2.75, 3.05) is 20.6 Å². The highest BCUT2D eigenvalue weighted by Crippen LogP contribution is 2.32. The number of amides is 1. The number of hydrogen-bond acceptors (Lipinski definition) is 6. The van der Waals surface area contributed by atoms with Gasteiger partial charge in [-0.2, -0.15) is 13.5 Å². The van der Waals surface area contributed by atoms with Crippen LogP contribution in [0.5, 0.6) is 0 Å². The number of pyridine rings is 1.